The van der Waals surface area contributed by atoms with Crippen LogP contribution in [0.1, 0.15) is 30.6 Å². The number of aryl methyl sites for hydroxylation is 3. The predicted octanol–water partition coefficient (Wildman–Crippen LogP) is 1.91. The summed E-state index contributed by atoms with van der Waals surface area (Å²) >= 11 is 0. The number of aromatic nitrogens is 5. The van der Waals surface area contributed by atoms with E-state index in [4.69, 9.17) is 4.42 Å². The van der Waals surface area contributed by atoms with E-state index in [0.717, 1.165) is 23.6 Å². The van der Waals surface area contributed by atoms with Crippen molar-refractivity contribution in [3.63, 3.8) is 0 Å². The van der Waals surface area contributed by atoms with E-state index in [1.807, 2.05) is 42.8 Å². The third kappa shape index (κ3) is 4.28. The second kappa shape index (κ2) is 7.69. The first-order valence-electron chi connectivity index (χ1n) is 8.19. The van der Waals surface area contributed by atoms with Gasteiger partial charge >= 0.3 is 0 Å². The van der Waals surface area contributed by atoms with Crippen LogP contribution in [0.25, 0.3) is 11.6 Å². The van der Waals surface area contributed by atoms with Gasteiger partial charge in [0.15, 0.2) is 0 Å². The van der Waals surface area contributed by atoms with Gasteiger partial charge in [-0.1, -0.05) is 6.07 Å². The molecule has 0 radical (unpaired) electrons. The van der Waals surface area contributed by atoms with Crippen LogP contribution >= 0.6 is 0 Å². The van der Waals surface area contributed by atoms with E-state index in [-0.39, 0.29) is 12.3 Å². The van der Waals surface area contributed by atoms with Crippen LogP contribution < -0.4 is 5.32 Å². The van der Waals surface area contributed by atoms with Gasteiger partial charge in [0.1, 0.15) is 5.69 Å². The number of rotatable bonds is 7. The number of pyridine rings is 1. The Morgan fingerprint density at radius 1 is 1.32 bits per heavy atom. The third-order valence-corrected chi connectivity index (χ3v) is 3.65. The van der Waals surface area contributed by atoms with Gasteiger partial charge in [-0.25, -0.2) is 0 Å². The second-order valence-corrected chi connectivity index (χ2v) is 5.59. The maximum absolute atomic E-state index is 11.9. The Balaban J connectivity index is 1.54. The quantitative estimate of drug-likeness (QED) is 0.705. The third-order valence-electron chi connectivity index (χ3n) is 3.65. The van der Waals surface area contributed by atoms with Crippen LogP contribution in [0.5, 0.6) is 0 Å². The standard InChI is InChI=1S/C17H20N6O2/c1-3-23-14(10-12(2)22-23)17-21-20-16(25-17)8-7-15(24)19-11-13-6-4-5-9-18-13/h4-6,9-10H,3,7-8,11H2,1-2H3,(H,19,24). The van der Waals surface area contributed by atoms with E-state index >= 15 is 0 Å². The van der Waals surface area contributed by atoms with Crippen LogP contribution in [0, 0.1) is 6.92 Å². The Morgan fingerprint density at radius 3 is 2.96 bits per heavy atom. The average Bonchev–Trinajstić information content (AvgIpc) is 3.25. The molecule has 3 aromatic heterocycles. The monoisotopic (exact) mass is 340 g/mol. The van der Waals surface area contributed by atoms with Crippen LogP contribution in [-0.2, 0) is 24.3 Å². The van der Waals surface area contributed by atoms with E-state index in [9.17, 15) is 4.79 Å². The lowest BCUT2D eigenvalue weighted by atomic mass is 10.3. The second-order valence-electron chi connectivity index (χ2n) is 5.59. The fraction of sp³-hybridized carbons (Fsp3) is 0.353. The van der Waals surface area contributed by atoms with Crippen LogP contribution in [0.15, 0.2) is 34.9 Å². The summed E-state index contributed by atoms with van der Waals surface area (Å²) in [6, 6.07) is 7.49. The summed E-state index contributed by atoms with van der Waals surface area (Å²) in [6.07, 6.45) is 2.37. The molecule has 0 aromatic carbocycles. The summed E-state index contributed by atoms with van der Waals surface area (Å²) in [4.78, 5) is 16.1. The van der Waals surface area contributed by atoms with Crippen LogP contribution in [0.4, 0.5) is 0 Å². The Bertz CT molecular complexity index is 840. The molecule has 8 nitrogen and oxygen atoms in total. The van der Waals surface area contributed by atoms with Crippen LogP contribution in [0.3, 0.4) is 0 Å². The van der Waals surface area contributed by atoms with Crippen molar-refractivity contribution in [2.24, 2.45) is 0 Å². The van der Waals surface area contributed by atoms with Crippen LogP contribution in [0.2, 0.25) is 0 Å². The van der Waals surface area contributed by atoms with Gasteiger partial charge in [-0.15, -0.1) is 10.2 Å². The molecule has 0 aliphatic rings. The minimum Gasteiger partial charge on any atom is -0.419 e. The zero-order valence-corrected chi connectivity index (χ0v) is 14.3. The number of hydrogen-bond acceptors (Lipinski definition) is 6. The zero-order chi connectivity index (χ0) is 17.6. The highest BCUT2D eigenvalue weighted by Gasteiger charge is 2.15. The molecule has 0 aliphatic carbocycles. The van der Waals surface area contributed by atoms with Crippen molar-refractivity contribution in [1.82, 2.24) is 30.3 Å². The summed E-state index contributed by atoms with van der Waals surface area (Å²) in [5.74, 6) is 0.774. The molecule has 0 aliphatic heterocycles. The van der Waals surface area contributed by atoms with Gasteiger partial charge in [0.2, 0.25) is 11.8 Å². The van der Waals surface area contributed by atoms with E-state index in [1.54, 1.807) is 6.20 Å². The molecule has 1 N–H and O–H groups in total. The lowest BCUT2D eigenvalue weighted by Crippen LogP contribution is -2.23. The number of hydrogen-bond donors (Lipinski definition) is 1. The van der Waals surface area contributed by atoms with E-state index in [2.05, 4.69) is 25.6 Å². The molecular weight excluding hydrogens is 320 g/mol. The molecule has 130 valence electrons. The van der Waals surface area contributed by atoms with Gasteiger partial charge in [-0.2, -0.15) is 5.10 Å². The summed E-state index contributed by atoms with van der Waals surface area (Å²) in [7, 11) is 0. The van der Waals surface area contributed by atoms with Gasteiger partial charge in [-0.05, 0) is 32.0 Å². The van der Waals surface area contributed by atoms with Crippen molar-refractivity contribution < 1.29 is 9.21 Å². The highest BCUT2D eigenvalue weighted by atomic mass is 16.4. The Morgan fingerprint density at radius 2 is 2.20 bits per heavy atom. The molecule has 3 aromatic rings. The molecule has 3 rings (SSSR count). The van der Waals surface area contributed by atoms with Gasteiger partial charge < -0.3 is 9.73 Å². The average molecular weight is 340 g/mol. The summed E-state index contributed by atoms with van der Waals surface area (Å²) in [6.45, 7) is 5.04. The van der Waals surface area contributed by atoms with E-state index in [0.29, 0.717) is 24.7 Å². The molecule has 3 heterocycles. The van der Waals surface area contributed by atoms with Crippen molar-refractivity contribution in [2.45, 2.75) is 39.8 Å². The molecular formula is C17H20N6O2. The summed E-state index contributed by atoms with van der Waals surface area (Å²) in [5, 5.41) is 15.3. The first-order chi connectivity index (χ1) is 12.2. The van der Waals surface area contributed by atoms with Gasteiger partial charge in [0, 0.05) is 25.6 Å². The van der Waals surface area contributed by atoms with Crippen molar-refractivity contribution in [3.8, 4) is 11.6 Å². The van der Waals surface area contributed by atoms with E-state index < -0.39 is 0 Å². The Kier molecular flexibility index (Phi) is 5.17. The molecule has 0 saturated carbocycles. The zero-order valence-electron chi connectivity index (χ0n) is 14.3. The number of carbonyl (C=O) groups is 1. The van der Waals surface area contributed by atoms with Gasteiger partial charge in [-0.3, -0.25) is 14.5 Å². The fourth-order valence-corrected chi connectivity index (χ4v) is 2.42. The largest absolute Gasteiger partial charge is 0.419 e. The first kappa shape index (κ1) is 16.8. The van der Waals surface area contributed by atoms with Crippen molar-refractivity contribution >= 4 is 5.91 Å². The van der Waals surface area contributed by atoms with Crippen LogP contribution in [-0.4, -0.2) is 30.9 Å². The topological polar surface area (TPSA) is 98.7 Å². The maximum atomic E-state index is 11.9. The number of amides is 1. The van der Waals surface area contributed by atoms with Crippen molar-refractivity contribution in [2.75, 3.05) is 0 Å². The van der Waals surface area contributed by atoms with Crippen molar-refractivity contribution in [1.29, 1.82) is 0 Å². The van der Waals surface area contributed by atoms with Gasteiger partial charge in [0.05, 0.1) is 17.9 Å². The minimum absolute atomic E-state index is 0.0835. The highest BCUT2D eigenvalue weighted by molar-refractivity contribution is 5.75. The molecule has 0 unspecified atom stereocenters. The smallest absolute Gasteiger partial charge is 0.265 e. The molecule has 0 spiro atoms. The predicted molar refractivity (Wildman–Crippen MR) is 90.3 cm³/mol. The Hall–Kier alpha value is -3.03. The summed E-state index contributed by atoms with van der Waals surface area (Å²) in [5.41, 5.74) is 2.50. The van der Waals surface area contributed by atoms with E-state index in [1.165, 1.54) is 0 Å². The number of nitrogens with zero attached hydrogens (tertiary/aromatic N) is 5. The molecule has 25 heavy (non-hydrogen) atoms. The fourth-order valence-electron chi connectivity index (χ4n) is 2.42. The van der Waals surface area contributed by atoms with Crippen molar-refractivity contribution in [3.05, 3.63) is 47.7 Å². The highest BCUT2D eigenvalue weighted by Crippen LogP contribution is 2.19. The molecule has 0 fully saturated rings. The molecule has 8 heteroatoms. The first-order valence-corrected chi connectivity index (χ1v) is 8.19. The normalized spacial score (nSPS) is 10.8. The maximum Gasteiger partial charge on any atom is 0.265 e. The van der Waals surface area contributed by atoms with Gasteiger partial charge in [0.25, 0.3) is 5.89 Å². The Labute approximate surface area is 145 Å². The number of nitrogens with one attached hydrogen (secondary N) is 1. The summed E-state index contributed by atoms with van der Waals surface area (Å²) < 4.78 is 7.48. The SMILES string of the molecule is CCn1nc(C)cc1-c1nnc(CCC(=O)NCc2ccccn2)o1. The lowest BCUT2D eigenvalue weighted by Gasteiger charge is -2.03. The molecule has 1 amide bonds. The molecule has 0 saturated heterocycles. The number of carbonyl (C=O) groups excluding carboxylic acids is 1. The lowest BCUT2D eigenvalue weighted by molar-refractivity contribution is -0.121. The molecule has 0 bridgehead atoms. The minimum atomic E-state index is -0.0835. The molecule has 0 atom stereocenters.